The van der Waals surface area contributed by atoms with E-state index >= 15 is 0 Å². The van der Waals surface area contributed by atoms with Crippen LogP contribution in [-0.2, 0) is 0 Å². The molecule has 0 saturated carbocycles. The third-order valence-electron chi connectivity index (χ3n) is 3.01. The molecule has 1 aliphatic rings. The predicted octanol–water partition coefficient (Wildman–Crippen LogP) is 2.50. The van der Waals surface area contributed by atoms with Gasteiger partial charge in [-0.2, -0.15) is 0 Å². The van der Waals surface area contributed by atoms with Gasteiger partial charge in [-0.15, -0.1) is 0 Å². The van der Waals surface area contributed by atoms with Crippen LogP contribution in [0, 0.1) is 3.57 Å². The van der Waals surface area contributed by atoms with E-state index in [9.17, 15) is 9.59 Å². The first-order chi connectivity index (χ1) is 9.54. The summed E-state index contributed by atoms with van der Waals surface area (Å²) in [6.45, 7) is 0. The Bertz CT molecular complexity index is 743. The van der Waals surface area contributed by atoms with E-state index in [0.29, 0.717) is 16.8 Å². The smallest absolute Gasteiger partial charge is 0.259 e. The molecule has 100 valence electrons. The lowest BCUT2D eigenvalue weighted by Crippen LogP contribution is -2.19. The Morgan fingerprint density at radius 2 is 1.75 bits per heavy atom. The maximum Gasteiger partial charge on any atom is 0.259 e. The molecule has 2 aromatic rings. The number of hydrogen-bond acceptors (Lipinski definition) is 4. The van der Waals surface area contributed by atoms with Gasteiger partial charge in [0.15, 0.2) is 0 Å². The van der Waals surface area contributed by atoms with Gasteiger partial charge in [0.05, 0.1) is 16.8 Å². The second kappa shape index (κ2) is 4.78. The average molecular weight is 379 g/mol. The minimum absolute atomic E-state index is 0.349. The van der Waals surface area contributed by atoms with Crippen LogP contribution >= 0.6 is 22.6 Å². The molecule has 3 rings (SSSR count). The Balaban J connectivity index is 1.95. The van der Waals surface area contributed by atoms with Crippen molar-refractivity contribution in [2.75, 3.05) is 11.1 Å². The number of halogens is 1. The summed E-state index contributed by atoms with van der Waals surface area (Å²) < 4.78 is 0.976. The first kappa shape index (κ1) is 12.9. The first-order valence-electron chi connectivity index (χ1n) is 5.86. The number of rotatable bonds is 2. The number of nitrogens with two attached hydrogens (primary N) is 1. The molecule has 0 atom stereocenters. The van der Waals surface area contributed by atoms with E-state index in [1.165, 1.54) is 0 Å². The number of fused-ring (bicyclic) bond motifs is 1. The van der Waals surface area contributed by atoms with Crippen LogP contribution in [-0.4, -0.2) is 11.8 Å². The van der Waals surface area contributed by atoms with Gasteiger partial charge >= 0.3 is 0 Å². The van der Waals surface area contributed by atoms with Crippen LogP contribution in [0.3, 0.4) is 0 Å². The van der Waals surface area contributed by atoms with Gasteiger partial charge in [0.2, 0.25) is 0 Å². The molecule has 0 radical (unpaired) electrons. The fraction of sp³-hybridized carbons (Fsp3) is 0. The van der Waals surface area contributed by atoms with Gasteiger partial charge in [0, 0.05) is 14.9 Å². The zero-order valence-electron chi connectivity index (χ0n) is 10.2. The number of imide groups is 1. The summed E-state index contributed by atoms with van der Waals surface area (Å²) in [4.78, 5) is 23.1. The third-order valence-corrected chi connectivity index (χ3v) is 3.90. The number of hydrogen-bond donors (Lipinski definition) is 3. The van der Waals surface area contributed by atoms with Crippen LogP contribution in [0.1, 0.15) is 20.7 Å². The molecule has 1 aliphatic heterocycles. The molecular weight excluding hydrogens is 369 g/mol. The summed E-state index contributed by atoms with van der Waals surface area (Å²) >= 11 is 2.18. The topological polar surface area (TPSA) is 84.2 Å². The Kier molecular flexibility index (Phi) is 3.09. The lowest BCUT2D eigenvalue weighted by molar-refractivity contribution is 0.0879. The number of anilines is 3. The standard InChI is InChI=1S/C14H10IN3O2/c15-11-5-7(16)1-4-12(11)17-8-2-3-9-10(6-8)14(20)18-13(9)19/h1-6,17H,16H2,(H,18,19,20). The summed E-state index contributed by atoms with van der Waals surface area (Å²) in [5, 5.41) is 5.48. The molecule has 4 N–H and O–H groups in total. The van der Waals surface area contributed by atoms with Crippen LogP contribution < -0.4 is 16.4 Å². The fourth-order valence-electron chi connectivity index (χ4n) is 2.03. The van der Waals surface area contributed by atoms with Crippen molar-refractivity contribution in [3.05, 3.63) is 51.1 Å². The van der Waals surface area contributed by atoms with E-state index in [1.807, 2.05) is 12.1 Å². The van der Waals surface area contributed by atoms with Gasteiger partial charge in [-0.3, -0.25) is 14.9 Å². The largest absolute Gasteiger partial charge is 0.399 e. The highest BCUT2D eigenvalue weighted by Gasteiger charge is 2.26. The summed E-state index contributed by atoms with van der Waals surface area (Å²) in [5.74, 6) is -0.709. The molecule has 0 fully saturated rings. The molecule has 0 aliphatic carbocycles. The zero-order valence-corrected chi connectivity index (χ0v) is 12.4. The van der Waals surface area contributed by atoms with E-state index in [4.69, 9.17) is 5.73 Å². The van der Waals surface area contributed by atoms with E-state index in [0.717, 1.165) is 14.9 Å². The summed E-state index contributed by atoms with van der Waals surface area (Å²) in [6.07, 6.45) is 0. The van der Waals surface area contributed by atoms with E-state index in [2.05, 4.69) is 33.2 Å². The number of carbonyl (C=O) groups is 2. The lowest BCUT2D eigenvalue weighted by Gasteiger charge is -2.10. The monoisotopic (exact) mass is 379 g/mol. The maximum atomic E-state index is 11.6. The molecule has 6 heteroatoms. The van der Waals surface area contributed by atoms with Crippen LogP contribution in [0.15, 0.2) is 36.4 Å². The minimum atomic E-state index is -0.361. The highest BCUT2D eigenvalue weighted by atomic mass is 127. The molecule has 0 bridgehead atoms. The summed E-state index contributed by atoms with van der Waals surface area (Å²) in [6, 6.07) is 10.6. The Morgan fingerprint density at radius 3 is 2.50 bits per heavy atom. The first-order valence-corrected chi connectivity index (χ1v) is 6.94. The molecular formula is C14H10IN3O2. The normalized spacial score (nSPS) is 13.1. The zero-order chi connectivity index (χ0) is 14.3. The molecule has 0 aromatic heterocycles. The van der Waals surface area contributed by atoms with Crippen molar-refractivity contribution in [1.29, 1.82) is 0 Å². The number of carbonyl (C=O) groups excluding carboxylic acids is 2. The Hall–Kier alpha value is -2.09. The third kappa shape index (κ3) is 2.22. The van der Waals surface area contributed by atoms with Crippen molar-refractivity contribution < 1.29 is 9.59 Å². The number of amides is 2. The van der Waals surface area contributed by atoms with E-state index in [1.54, 1.807) is 24.3 Å². The highest BCUT2D eigenvalue weighted by molar-refractivity contribution is 14.1. The Labute approximate surface area is 128 Å². The van der Waals surface area contributed by atoms with Crippen molar-refractivity contribution in [1.82, 2.24) is 5.32 Å². The van der Waals surface area contributed by atoms with Crippen LogP contribution in [0.25, 0.3) is 0 Å². The van der Waals surface area contributed by atoms with Gasteiger partial charge in [-0.05, 0) is 59.0 Å². The molecule has 5 nitrogen and oxygen atoms in total. The van der Waals surface area contributed by atoms with Gasteiger partial charge in [-0.25, -0.2) is 0 Å². The second-order valence-electron chi connectivity index (χ2n) is 4.41. The van der Waals surface area contributed by atoms with Gasteiger partial charge in [0.1, 0.15) is 0 Å². The van der Waals surface area contributed by atoms with Crippen molar-refractivity contribution in [2.24, 2.45) is 0 Å². The van der Waals surface area contributed by atoms with Crippen LogP contribution in [0.4, 0.5) is 17.1 Å². The number of nitrogen functional groups attached to an aromatic ring is 1. The molecule has 0 unspecified atom stereocenters. The lowest BCUT2D eigenvalue weighted by atomic mass is 10.1. The van der Waals surface area contributed by atoms with Gasteiger partial charge < -0.3 is 11.1 Å². The molecule has 1 heterocycles. The van der Waals surface area contributed by atoms with Crippen molar-refractivity contribution in [3.8, 4) is 0 Å². The van der Waals surface area contributed by atoms with Crippen LogP contribution in [0.5, 0.6) is 0 Å². The molecule has 0 saturated heterocycles. The quantitative estimate of drug-likeness (QED) is 0.425. The number of benzene rings is 2. The second-order valence-corrected chi connectivity index (χ2v) is 5.57. The maximum absolute atomic E-state index is 11.6. The molecule has 20 heavy (non-hydrogen) atoms. The summed E-state index contributed by atoms with van der Waals surface area (Å²) in [5.41, 5.74) is 8.84. The fourth-order valence-corrected chi connectivity index (χ4v) is 2.71. The van der Waals surface area contributed by atoms with Crippen molar-refractivity contribution in [3.63, 3.8) is 0 Å². The SMILES string of the molecule is Nc1ccc(Nc2ccc3c(c2)C(=O)NC3=O)c(I)c1. The molecule has 2 amide bonds. The highest BCUT2D eigenvalue weighted by Crippen LogP contribution is 2.27. The number of nitrogens with one attached hydrogen (secondary N) is 2. The summed E-state index contributed by atoms with van der Waals surface area (Å²) in [7, 11) is 0. The molecule has 2 aromatic carbocycles. The minimum Gasteiger partial charge on any atom is -0.399 e. The predicted molar refractivity (Wildman–Crippen MR) is 85.1 cm³/mol. The van der Waals surface area contributed by atoms with E-state index in [-0.39, 0.29) is 11.8 Å². The van der Waals surface area contributed by atoms with Crippen molar-refractivity contribution >= 4 is 51.5 Å². The van der Waals surface area contributed by atoms with Crippen molar-refractivity contribution in [2.45, 2.75) is 0 Å². The van der Waals surface area contributed by atoms with Gasteiger partial charge in [0.25, 0.3) is 11.8 Å². The Morgan fingerprint density at radius 1 is 1.00 bits per heavy atom. The van der Waals surface area contributed by atoms with Gasteiger partial charge in [-0.1, -0.05) is 0 Å². The average Bonchev–Trinajstić information content (AvgIpc) is 2.68. The van der Waals surface area contributed by atoms with E-state index < -0.39 is 0 Å². The van der Waals surface area contributed by atoms with Crippen LogP contribution in [0.2, 0.25) is 0 Å². The molecule has 0 spiro atoms.